The van der Waals surface area contributed by atoms with E-state index in [4.69, 9.17) is 5.73 Å². The fourth-order valence-corrected chi connectivity index (χ4v) is 3.13. The van der Waals surface area contributed by atoms with Gasteiger partial charge >= 0.3 is 0 Å². The number of anilines is 1. The Bertz CT molecular complexity index is 687. The van der Waals surface area contributed by atoms with Gasteiger partial charge in [0.05, 0.1) is 17.1 Å². The number of nitrogens with one attached hydrogen (secondary N) is 1. The monoisotopic (exact) mass is 292 g/mol. The van der Waals surface area contributed by atoms with Crippen molar-refractivity contribution in [1.82, 2.24) is 14.9 Å². The normalized spacial score (nSPS) is 11.4. The van der Waals surface area contributed by atoms with Crippen LogP contribution in [-0.2, 0) is 23.0 Å². The van der Waals surface area contributed by atoms with Crippen LogP contribution in [0.5, 0.6) is 0 Å². The molecule has 106 valence electrons. The summed E-state index contributed by atoms with van der Waals surface area (Å²) in [6.45, 7) is 1.99. The van der Waals surface area contributed by atoms with Crippen molar-refractivity contribution in [2.24, 2.45) is 0 Å². The second-order valence-corrected chi connectivity index (χ2v) is 6.00. The Labute approximate surface area is 118 Å². The topological polar surface area (TPSA) is 98.0 Å². The highest BCUT2D eigenvalue weighted by molar-refractivity contribution is 7.89. The van der Waals surface area contributed by atoms with Gasteiger partial charge in [0.2, 0.25) is 10.0 Å². The van der Waals surface area contributed by atoms with Crippen LogP contribution in [0.4, 0.5) is 5.69 Å². The molecule has 0 saturated carbocycles. The summed E-state index contributed by atoms with van der Waals surface area (Å²) in [5, 5.41) is 7.54. The van der Waals surface area contributed by atoms with Crippen LogP contribution in [-0.4, -0.2) is 18.6 Å². The lowest BCUT2D eigenvalue weighted by atomic mass is 10.1. The van der Waals surface area contributed by atoms with Gasteiger partial charge in [-0.2, -0.15) is 10.2 Å². The van der Waals surface area contributed by atoms with Crippen LogP contribution in [0.3, 0.4) is 0 Å². The molecular formula is C13H16N4O2S. The Morgan fingerprint density at radius 1 is 1.30 bits per heavy atom. The SMILES string of the molecule is CCc1ccc(N)cc1S(=O)(=O)NCc1cccnn1. The van der Waals surface area contributed by atoms with Gasteiger partial charge in [-0.15, -0.1) is 0 Å². The molecule has 2 rings (SSSR count). The molecule has 1 heterocycles. The minimum Gasteiger partial charge on any atom is -0.399 e. The molecule has 3 N–H and O–H groups in total. The zero-order valence-corrected chi connectivity index (χ0v) is 11.9. The number of aryl methyl sites for hydroxylation is 1. The number of aromatic nitrogens is 2. The molecule has 0 unspecified atom stereocenters. The highest BCUT2D eigenvalue weighted by Crippen LogP contribution is 2.19. The number of rotatable bonds is 5. The molecule has 1 aromatic carbocycles. The molecule has 0 atom stereocenters. The molecule has 2 aromatic rings. The molecule has 0 saturated heterocycles. The fourth-order valence-electron chi connectivity index (χ4n) is 1.79. The number of sulfonamides is 1. The van der Waals surface area contributed by atoms with Gasteiger partial charge in [0.1, 0.15) is 0 Å². The molecule has 0 fully saturated rings. The van der Waals surface area contributed by atoms with Crippen LogP contribution in [0.25, 0.3) is 0 Å². The predicted octanol–water partition coefficient (Wildman–Crippen LogP) is 1.10. The van der Waals surface area contributed by atoms with E-state index >= 15 is 0 Å². The average Bonchev–Trinajstić information content (AvgIpc) is 2.46. The highest BCUT2D eigenvalue weighted by Gasteiger charge is 2.18. The zero-order chi connectivity index (χ0) is 14.6. The van der Waals surface area contributed by atoms with E-state index < -0.39 is 10.0 Å². The Morgan fingerprint density at radius 3 is 2.75 bits per heavy atom. The van der Waals surface area contributed by atoms with E-state index in [0.717, 1.165) is 5.56 Å². The van der Waals surface area contributed by atoms with Crippen LogP contribution in [0.1, 0.15) is 18.2 Å². The summed E-state index contributed by atoms with van der Waals surface area (Å²) in [5.41, 5.74) is 7.37. The number of nitrogen functional groups attached to an aromatic ring is 1. The predicted molar refractivity (Wildman–Crippen MR) is 76.3 cm³/mol. The van der Waals surface area contributed by atoms with Gasteiger partial charge in [-0.1, -0.05) is 13.0 Å². The average molecular weight is 292 g/mol. The maximum atomic E-state index is 12.3. The van der Waals surface area contributed by atoms with Crippen molar-refractivity contribution in [3.63, 3.8) is 0 Å². The third-order valence-corrected chi connectivity index (χ3v) is 4.32. The van der Waals surface area contributed by atoms with Crippen molar-refractivity contribution >= 4 is 15.7 Å². The molecule has 20 heavy (non-hydrogen) atoms. The quantitative estimate of drug-likeness (QED) is 0.804. The molecule has 0 aliphatic heterocycles. The van der Waals surface area contributed by atoms with Gasteiger partial charge in [-0.3, -0.25) is 0 Å². The van der Waals surface area contributed by atoms with E-state index in [9.17, 15) is 8.42 Å². The Balaban J connectivity index is 2.24. The molecule has 1 aromatic heterocycles. The van der Waals surface area contributed by atoms with Crippen molar-refractivity contribution in [3.05, 3.63) is 47.8 Å². The zero-order valence-electron chi connectivity index (χ0n) is 11.1. The van der Waals surface area contributed by atoms with Crippen molar-refractivity contribution in [2.75, 3.05) is 5.73 Å². The second-order valence-electron chi connectivity index (χ2n) is 4.26. The number of nitrogens with two attached hydrogens (primary N) is 1. The lowest BCUT2D eigenvalue weighted by Crippen LogP contribution is -2.25. The smallest absolute Gasteiger partial charge is 0.241 e. The fraction of sp³-hybridized carbons (Fsp3) is 0.231. The Kier molecular flexibility index (Phi) is 4.31. The van der Waals surface area contributed by atoms with Crippen LogP contribution in [0.2, 0.25) is 0 Å². The largest absolute Gasteiger partial charge is 0.399 e. The molecule has 0 bridgehead atoms. The summed E-state index contributed by atoms with van der Waals surface area (Å²) in [7, 11) is -3.62. The Hall–Kier alpha value is -1.99. The van der Waals surface area contributed by atoms with E-state index in [0.29, 0.717) is 17.8 Å². The first-order chi connectivity index (χ1) is 9.53. The van der Waals surface area contributed by atoms with Crippen LogP contribution >= 0.6 is 0 Å². The maximum Gasteiger partial charge on any atom is 0.241 e. The summed E-state index contributed by atoms with van der Waals surface area (Å²) in [6.07, 6.45) is 2.15. The molecule has 0 radical (unpaired) electrons. The van der Waals surface area contributed by atoms with Gasteiger partial charge in [0, 0.05) is 11.9 Å². The van der Waals surface area contributed by atoms with Gasteiger partial charge in [0.15, 0.2) is 0 Å². The first kappa shape index (κ1) is 14.4. The van der Waals surface area contributed by atoms with E-state index in [1.54, 1.807) is 24.3 Å². The summed E-state index contributed by atoms with van der Waals surface area (Å²) in [4.78, 5) is 0.212. The lowest BCUT2D eigenvalue weighted by Gasteiger charge is -2.11. The minimum atomic E-state index is -3.62. The number of benzene rings is 1. The Morgan fingerprint density at radius 2 is 2.10 bits per heavy atom. The molecule has 0 spiro atoms. The van der Waals surface area contributed by atoms with Crippen molar-refractivity contribution in [3.8, 4) is 0 Å². The molecule has 7 heteroatoms. The van der Waals surface area contributed by atoms with E-state index in [-0.39, 0.29) is 11.4 Å². The van der Waals surface area contributed by atoms with Gasteiger partial charge in [-0.25, -0.2) is 13.1 Å². The third-order valence-electron chi connectivity index (χ3n) is 2.83. The molecule has 0 aliphatic carbocycles. The van der Waals surface area contributed by atoms with Crippen molar-refractivity contribution in [2.45, 2.75) is 24.8 Å². The molecule has 0 amide bonds. The van der Waals surface area contributed by atoms with E-state index in [1.165, 1.54) is 12.3 Å². The number of hydrogen-bond donors (Lipinski definition) is 2. The van der Waals surface area contributed by atoms with Gasteiger partial charge in [0.25, 0.3) is 0 Å². The highest BCUT2D eigenvalue weighted by atomic mass is 32.2. The minimum absolute atomic E-state index is 0.0914. The van der Waals surface area contributed by atoms with Crippen molar-refractivity contribution < 1.29 is 8.42 Å². The number of hydrogen-bond acceptors (Lipinski definition) is 5. The van der Waals surface area contributed by atoms with Gasteiger partial charge < -0.3 is 5.73 Å². The molecular weight excluding hydrogens is 276 g/mol. The van der Waals surface area contributed by atoms with Crippen LogP contribution < -0.4 is 10.5 Å². The van der Waals surface area contributed by atoms with E-state index in [2.05, 4.69) is 14.9 Å². The summed E-state index contributed by atoms with van der Waals surface area (Å²) in [5.74, 6) is 0. The standard InChI is InChI=1S/C13H16N4O2S/c1-2-10-5-6-11(14)8-13(10)20(18,19)16-9-12-4-3-7-15-17-12/h3-8,16H,2,9,14H2,1H3. The maximum absolute atomic E-state index is 12.3. The van der Waals surface area contributed by atoms with Crippen molar-refractivity contribution in [1.29, 1.82) is 0 Å². The third kappa shape index (κ3) is 3.31. The van der Waals surface area contributed by atoms with E-state index in [1.807, 2.05) is 6.92 Å². The van der Waals surface area contributed by atoms with Crippen LogP contribution in [0, 0.1) is 0 Å². The lowest BCUT2D eigenvalue weighted by molar-refractivity contribution is 0.579. The summed E-state index contributed by atoms with van der Waals surface area (Å²) < 4.78 is 27.2. The summed E-state index contributed by atoms with van der Waals surface area (Å²) in [6, 6.07) is 8.30. The number of nitrogens with zero attached hydrogens (tertiary/aromatic N) is 2. The second kappa shape index (κ2) is 5.98. The van der Waals surface area contributed by atoms with Gasteiger partial charge in [-0.05, 0) is 36.2 Å². The first-order valence-electron chi connectivity index (χ1n) is 6.17. The van der Waals surface area contributed by atoms with Crippen LogP contribution in [0.15, 0.2) is 41.4 Å². The summed E-state index contributed by atoms with van der Waals surface area (Å²) >= 11 is 0. The first-order valence-corrected chi connectivity index (χ1v) is 7.66. The molecule has 0 aliphatic rings. The molecule has 6 nitrogen and oxygen atoms in total.